The van der Waals surface area contributed by atoms with Gasteiger partial charge in [-0.3, -0.25) is 13.6 Å². The van der Waals surface area contributed by atoms with Crippen molar-refractivity contribution < 1.29 is 40.8 Å². The molecule has 2 rings (SSSR count). The van der Waals surface area contributed by atoms with Crippen molar-refractivity contribution >= 4 is 13.7 Å². The third-order valence-corrected chi connectivity index (χ3v) is 7.65. The standard InChI is InChI=1S/C29H45F3NO6P/c1-9-10-11-12-13-18-35-25-15-14-23(19-24(25)29(30,31)32)16-17-28(20-36-22(2)33-28)21-37-40(34,38-26(3,4)5)39-27(6,7)8/h12-15,19H,9-11,16-18,20-21H2,1-8H3/b13-12+. The molecule has 1 aromatic carbocycles. The molecular formula is C29H45F3NO6P. The highest BCUT2D eigenvalue weighted by Gasteiger charge is 2.43. The minimum Gasteiger partial charge on any atom is -0.489 e. The molecule has 1 atom stereocenters. The molecular weight excluding hydrogens is 546 g/mol. The number of nitrogens with zero attached hydrogens (tertiary/aromatic N) is 1. The van der Waals surface area contributed by atoms with Gasteiger partial charge in [0.05, 0.1) is 23.4 Å². The van der Waals surface area contributed by atoms with Crippen LogP contribution in [0.3, 0.4) is 0 Å². The zero-order valence-corrected chi connectivity index (χ0v) is 25.9. The Bertz CT molecular complexity index is 1050. The second-order valence-electron chi connectivity index (χ2n) is 12.0. The Balaban J connectivity index is 2.20. The maximum absolute atomic E-state index is 13.9. The summed E-state index contributed by atoms with van der Waals surface area (Å²) in [6.45, 7) is 14.2. The first-order valence-corrected chi connectivity index (χ1v) is 15.1. The number of aryl methyl sites for hydroxylation is 1. The first kappa shape index (κ1) is 34.3. The predicted molar refractivity (Wildman–Crippen MR) is 151 cm³/mol. The van der Waals surface area contributed by atoms with Crippen LogP contribution in [0.5, 0.6) is 5.75 Å². The second-order valence-corrected chi connectivity index (χ2v) is 13.5. The van der Waals surface area contributed by atoms with Gasteiger partial charge in [0.1, 0.15) is 24.5 Å². The first-order valence-electron chi connectivity index (χ1n) is 13.7. The number of hydrogen-bond acceptors (Lipinski definition) is 7. The SMILES string of the molecule is CCCC/C=C/COc1ccc(CCC2(COP(=O)(OC(C)(C)C)OC(C)(C)C)COC(C)=N2)cc1C(F)(F)F. The van der Waals surface area contributed by atoms with E-state index in [4.69, 9.17) is 23.0 Å². The molecule has 0 amide bonds. The molecule has 0 spiro atoms. The predicted octanol–water partition coefficient (Wildman–Crippen LogP) is 8.71. The highest BCUT2D eigenvalue weighted by atomic mass is 31.2. The fourth-order valence-electron chi connectivity index (χ4n) is 3.96. The van der Waals surface area contributed by atoms with E-state index in [1.54, 1.807) is 60.6 Å². The van der Waals surface area contributed by atoms with Crippen LogP contribution in [-0.2, 0) is 35.5 Å². The lowest BCUT2D eigenvalue weighted by molar-refractivity contribution is -0.138. The number of aliphatic imine (C=N–C) groups is 1. The largest absolute Gasteiger partial charge is 0.489 e. The van der Waals surface area contributed by atoms with Crippen molar-refractivity contribution in [3.05, 3.63) is 41.5 Å². The van der Waals surface area contributed by atoms with Crippen molar-refractivity contribution in [3.63, 3.8) is 0 Å². The summed E-state index contributed by atoms with van der Waals surface area (Å²) in [7, 11) is -4.03. The Morgan fingerprint density at radius 3 is 2.25 bits per heavy atom. The van der Waals surface area contributed by atoms with Crippen LogP contribution in [0.15, 0.2) is 35.3 Å². The van der Waals surface area contributed by atoms with Gasteiger partial charge in [0.2, 0.25) is 0 Å². The van der Waals surface area contributed by atoms with Crippen molar-refractivity contribution in [2.45, 2.75) is 110 Å². The number of rotatable bonds is 14. The molecule has 228 valence electrons. The maximum Gasteiger partial charge on any atom is 0.475 e. The van der Waals surface area contributed by atoms with E-state index in [9.17, 15) is 17.7 Å². The average molecular weight is 592 g/mol. The zero-order valence-electron chi connectivity index (χ0n) is 25.0. The molecule has 0 bridgehead atoms. The molecule has 1 aromatic rings. The van der Waals surface area contributed by atoms with E-state index in [0.29, 0.717) is 11.5 Å². The van der Waals surface area contributed by atoms with Crippen LogP contribution in [0.2, 0.25) is 0 Å². The van der Waals surface area contributed by atoms with Crippen LogP contribution in [0.4, 0.5) is 13.2 Å². The van der Waals surface area contributed by atoms with Gasteiger partial charge in [-0.2, -0.15) is 13.2 Å². The molecule has 7 nitrogen and oxygen atoms in total. The number of alkyl halides is 3. The van der Waals surface area contributed by atoms with E-state index >= 15 is 0 Å². The van der Waals surface area contributed by atoms with Crippen molar-refractivity contribution in [1.82, 2.24) is 0 Å². The lowest BCUT2D eigenvalue weighted by Crippen LogP contribution is -2.36. The number of unbranched alkanes of at least 4 members (excludes halogenated alkanes) is 2. The summed E-state index contributed by atoms with van der Waals surface area (Å²) in [5.74, 6) is 0.200. The average Bonchev–Trinajstić information content (AvgIpc) is 3.17. The van der Waals surface area contributed by atoms with Crippen molar-refractivity contribution in [1.29, 1.82) is 0 Å². The summed E-state index contributed by atoms with van der Waals surface area (Å²) in [5, 5.41) is 0. The molecule has 1 unspecified atom stereocenters. The summed E-state index contributed by atoms with van der Waals surface area (Å²) in [6, 6.07) is 4.07. The first-order chi connectivity index (χ1) is 18.4. The van der Waals surface area contributed by atoms with Crippen LogP contribution >= 0.6 is 7.82 Å². The molecule has 1 aliphatic heterocycles. The number of phosphoric acid groups is 1. The number of benzene rings is 1. The van der Waals surface area contributed by atoms with Crippen LogP contribution in [0, 0.1) is 0 Å². The zero-order chi connectivity index (χ0) is 30.2. The molecule has 0 aromatic heterocycles. The Morgan fingerprint density at radius 1 is 1.07 bits per heavy atom. The Hall–Kier alpha value is -1.87. The minimum absolute atomic E-state index is 0.0608. The molecule has 0 saturated carbocycles. The lowest BCUT2D eigenvalue weighted by Gasteiger charge is -2.33. The van der Waals surface area contributed by atoms with Gasteiger partial charge in [-0.1, -0.05) is 38.0 Å². The summed E-state index contributed by atoms with van der Waals surface area (Å²) in [4.78, 5) is 4.57. The van der Waals surface area contributed by atoms with Gasteiger partial charge in [0.15, 0.2) is 5.90 Å². The second kappa shape index (κ2) is 13.9. The molecule has 0 fully saturated rings. The van der Waals surface area contributed by atoms with Crippen molar-refractivity contribution in [2.24, 2.45) is 4.99 Å². The minimum atomic E-state index is -4.58. The van der Waals surface area contributed by atoms with Gasteiger partial charge in [-0.05, 0) is 78.5 Å². The fraction of sp³-hybridized carbons (Fsp3) is 0.690. The molecule has 0 N–H and O–H groups in total. The van der Waals surface area contributed by atoms with Gasteiger partial charge >= 0.3 is 14.0 Å². The van der Waals surface area contributed by atoms with E-state index in [1.807, 2.05) is 6.08 Å². The monoisotopic (exact) mass is 591 g/mol. The van der Waals surface area contributed by atoms with Crippen LogP contribution in [-0.4, -0.2) is 42.5 Å². The molecule has 1 aliphatic rings. The Labute approximate surface area is 237 Å². The van der Waals surface area contributed by atoms with Crippen molar-refractivity contribution in [3.8, 4) is 5.75 Å². The van der Waals surface area contributed by atoms with E-state index in [0.717, 1.165) is 25.3 Å². The van der Waals surface area contributed by atoms with Gasteiger partial charge in [-0.15, -0.1) is 0 Å². The molecule has 0 aliphatic carbocycles. The van der Waals surface area contributed by atoms with Gasteiger partial charge in [-0.25, -0.2) is 9.56 Å². The topological polar surface area (TPSA) is 75.6 Å². The lowest BCUT2D eigenvalue weighted by atomic mass is 9.93. The number of allylic oxidation sites excluding steroid dienone is 1. The third-order valence-electron chi connectivity index (χ3n) is 5.66. The smallest absolute Gasteiger partial charge is 0.475 e. The Morgan fingerprint density at radius 2 is 1.73 bits per heavy atom. The number of halogens is 3. The summed E-state index contributed by atoms with van der Waals surface area (Å²) < 4.78 is 83.4. The molecule has 1 heterocycles. The highest BCUT2D eigenvalue weighted by Crippen LogP contribution is 2.56. The van der Waals surface area contributed by atoms with Crippen LogP contribution in [0.25, 0.3) is 0 Å². The number of hydrogen-bond donors (Lipinski definition) is 0. The van der Waals surface area contributed by atoms with Gasteiger partial charge in [0, 0.05) is 6.92 Å². The van der Waals surface area contributed by atoms with Gasteiger partial charge in [0.25, 0.3) is 0 Å². The number of ether oxygens (including phenoxy) is 2. The summed E-state index contributed by atoms with van der Waals surface area (Å²) >= 11 is 0. The molecule has 0 saturated heterocycles. The summed E-state index contributed by atoms with van der Waals surface area (Å²) in [6.07, 6.45) is 2.53. The highest BCUT2D eigenvalue weighted by molar-refractivity contribution is 7.48. The van der Waals surface area contributed by atoms with E-state index < -0.39 is 36.3 Å². The molecule has 40 heavy (non-hydrogen) atoms. The quantitative estimate of drug-likeness (QED) is 0.122. The van der Waals surface area contributed by atoms with Gasteiger partial charge < -0.3 is 9.47 Å². The van der Waals surface area contributed by atoms with Crippen molar-refractivity contribution in [2.75, 3.05) is 19.8 Å². The summed E-state index contributed by atoms with van der Waals surface area (Å²) in [5.41, 5.74) is -2.98. The molecule has 11 heteroatoms. The normalized spacial score (nSPS) is 18.7. The number of phosphoric ester groups is 1. The van der Waals surface area contributed by atoms with E-state index in [-0.39, 0.29) is 38.4 Å². The third kappa shape index (κ3) is 11.9. The molecule has 0 radical (unpaired) electrons. The van der Waals surface area contributed by atoms with Crippen LogP contribution in [0.1, 0.15) is 92.2 Å². The maximum atomic E-state index is 13.9. The Kier molecular flexibility index (Phi) is 11.9. The van der Waals surface area contributed by atoms with Crippen LogP contribution < -0.4 is 4.74 Å². The van der Waals surface area contributed by atoms with E-state index in [2.05, 4.69) is 11.9 Å². The fourth-order valence-corrected chi connectivity index (χ4v) is 5.84. The van der Waals surface area contributed by atoms with E-state index in [1.165, 1.54) is 6.07 Å².